The van der Waals surface area contributed by atoms with Crippen LogP contribution in [0.4, 0.5) is 0 Å². The van der Waals surface area contributed by atoms with Gasteiger partial charge in [0.25, 0.3) is 0 Å². The lowest BCUT2D eigenvalue weighted by atomic mass is 10.2. The molecule has 0 aliphatic carbocycles. The molecule has 0 saturated heterocycles. The van der Waals surface area contributed by atoms with Crippen LogP contribution in [0.2, 0.25) is 0 Å². The summed E-state index contributed by atoms with van der Waals surface area (Å²) in [7, 11) is 1.78. The molecule has 24 heavy (non-hydrogen) atoms. The van der Waals surface area contributed by atoms with Crippen molar-refractivity contribution in [3.63, 3.8) is 0 Å². The minimum Gasteiger partial charge on any atom is -0.382 e. The SMILES string of the molecule is CCOCCCCNC(=NC)NCc1nc(-c2ccccc2)cs1. The molecule has 2 N–H and O–H groups in total. The molecule has 0 spiro atoms. The predicted molar refractivity (Wildman–Crippen MR) is 101 cm³/mol. The molecule has 5 nitrogen and oxygen atoms in total. The fourth-order valence-electron chi connectivity index (χ4n) is 2.19. The number of aromatic nitrogens is 1. The van der Waals surface area contributed by atoms with E-state index in [0.717, 1.165) is 54.8 Å². The average Bonchev–Trinajstić information content (AvgIpc) is 3.10. The van der Waals surface area contributed by atoms with Crippen LogP contribution in [0.1, 0.15) is 24.8 Å². The van der Waals surface area contributed by atoms with Gasteiger partial charge >= 0.3 is 0 Å². The van der Waals surface area contributed by atoms with E-state index in [1.54, 1.807) is 18.4 Å². The molecule has 130 valence electrons. The number of hydrogen-bond donors (Lipinski definition) is 2. The van der Waals surface area contributed by atoms with Gasteiger partial charge < -0.3 is 15.4 Å². The Morgan fingerprint density at radius 3 is 2.79 bits per heavy atom. The Hall–Kier alpha value is -1.92. The Balaban J connectivity index is 1.72. The monoisotopic (exact) mass is 346 g/mol. The summed E-state index contributed by atoms with van der Waals surface area (Å²) < 4.78 is 5.33. The number of hydrogen-bond acceptors (Lipinski definition) is 4. The predicted octanol–water partition coefficient (Wildman–Crippen LogP) is 3.29. The molecule has 1 heterocycles. The molecule has 0 unspecified atom stereocenters. The minimum atomic E-state index is 0.677. The van der Waals surface area contributed by atoms with Crippen LogP contribution < -0.4 is 10.6 Å². The van der Waals surface area contributed by atoms with Gasteiger partial charge in [-0.2, -0.15) is 0 Å². The molecule has 6 heteroatoms. The Morgan fingerprint density at radius 2 is 2.04 bits per heavy atom. The molecule has 0 aliphatic heterocycles. The normalized spacial score (nSPS) is 11.5. The highest BCUT2D eigenvalue weighted by Crippen LogP contribution is 2.21. The van der Waals surface area contributed by atoms with Crippen molar-refractivity contribution in [3.8, 4) is 11.3 Å². The van der Waals surface area contributed by atoms with Gasteiger partial charge in [0, 0.05) is 37.7 Å². The highest BCUT2D eigenvalue weighted by atomic mass is 32.1. The van der Waals surface area contributed by atoms with Crippen molar-refractivity contribution >= 4 is 17.3 Å². The van der Waals surface area contributed by atoms with Crippen LogP contribution in [0.5, 0.6) is 0 Å². The smallest absolute Gasteiger partial charge is 0.191 e. The van der Waals surface area contributed by atoms with Crippen molar-refractivity contribution in [2.45, 2.75) is 26.3 Å². The van der Waals surface area contributed by atoms with Crippen molar-refractivity contribution in [1.82, 2.24) is 15.6 Å². The fourth-order valence-corrected chi connectivity index (χ4v) is 2.94. The third kappa shape index (κ3) is 6.29. The first-order valence-corrected chi connectivity index (χ1v) is 9.23. The van der Waals surface area contributed by atoms with Crippen molar-refractivity contribution in [1.29, 1.82) is 0 Å². The number of unbranched alkanes of at least 4 members (excludes halogenated alkanes) is 1. The first-order valence-electron chi connectivity index (χ1n) is 8.35. The number of benzene rings is 1. The van der Waals surface area contributed by atoms with E-state index >= 15 is 0 Å². The average molecular weight is 347 g/mol. The number of nitrogens with one attached hydrogen (secondary N) is 2. The van der Waals surface area contributed by atoms with Gasteiger partial charge in [0.1, 0.15) is 5.01 Å². The van der Waals surface area contributed by atoms with Crippen molar-refractivity contribution in [3.05, 3.63) is 40.7 Å². The number of aliphatic imine (C=N–C) groups is 1. The van der Waals surface area contributed by atoms with E-state index in [0.29, 0.717) is 6.54 Å². The van der Waals surface area contributed by atoms with Gasteiger partial charge in [0.2, 0.25) is 0 Å². The second-order valence-electron chi connectivity index (χ2n) is 5.25. The molecule has 0 radical (unpaired) electrons. The number of guanidine groups is 1. The third-order valence-corrected chi connectivity index (χ3v) is 4.31. The van der Waals surface area contributed by atoms with Gasteiger partial charge in [0.05, 0.1) is 12.2 Å². The molecular weight excluding hydrogens is 320 g/mol. The molecule has 0 atom stereocenters. The van der Waals surface area contributed by atoms with Crippen molar-refractivity contribution in [2.24, 2.45) is 4.99 Å². The zero-order valence-corrected chi connectivity index (χ0v) is 15.2. The minimum absolute atomic E-state index is 0.677. The molecule has 0 fully saturated rings. The Morgan fingerprint density at radius 1 is 1.21 bits per heavy atom. The van der Waals surface area contributed by atoms with Gasteiger partial charge in [0.15, 0.2) is 5.96 Å². The van der Waals surface area contributed by atoms with E-state index in [2.05, 4.69) is 38.1 Å². The van der Waals surface area contributed by atoms with Gasteiger partial charge in [-0.3, -0.25) is 4.99 Å². The summed E-state index contributed by atoms with van der Waals surface area (Å²) in [5, 5.41) is 9.77. The third-order valence-electron chi connectivity index (χ3n) is 3.46. The van der Waals surface area contributed by atoms with Crippen LogP contribution in [0.25, 0.3) is 11.3 Å². The van der Waals surface area contributed by atoms with Gasteiger partial charge in [-0.05, 0) is 19.8 Å². The highest BCUT2D eigenvalue weighted by molar-refractivity contribution is 7.09. The lowest BCUT2D eigenvalue weighted by Crippen LogP contribution is -2.37. The number of rotatable bonds is 9. The van der Waals surface area contributed by atoms with Gasteiger partial charge in [-0.15, -0.1) is 11.3 Å². The number of nitrogens with zero attached hydrogens (tertiary/aromatic N) is 2. The van der Waals surface area contributed by atoms with Crippen LogP contribution in [0.3, 0.4) is 0 Å². The van der Waals surface area contributed by atoms with E-state index in [-0.39, 0.29) is 0 Å². The van der Waals surface area contributed by atoms with Crippen LogP contribution >= 0.6 is 11.3 Å². The zero-order valence-electron chi connectivity index (χ0n) is 14.4. The molecule has 0 saturated carbocycles. The topological polar surface area (TPSA) is 58.5 Å². The summed E-state index contributed by atoms with van der Waals surface area (Å²) in [6.07, 6.45) is 2.13. The van der Waals surface area contributed by atoms with Crippen molar-refractivity contribution in [2.75, 3.05) is 26.8 Å². The summed E-state index contributed by atoms with van der Waals surface area (Å²) >= 11 is 1.66. The maximum atomic E-state index is 5.33. The van der Waals surface area contributed by atoms with Gasteiger partial charge in [-0.25, -0.2) is 4.98 Å². The summed E-state index contributed by atoms with van der Waals surface area (Å²) in [4.78, 5) is 8.92. The number of ether oxygens (including phenoxy) is 1. The molecule has 2 rings (SSSR count). The highest BCUT2D eigenvalue weighted by Gasteiger charge is 2.05. The fraction of sp³-hybridized carbons (Fsp3) is 0.444. The molecule has 1 aromatic heterocycles. The lowest BCUT2D eigenvalue weighted by Gasteiger charge is -2.10. The molecule has 2 aromatic rings. The molecule has 0 bridgehead atoms. The largest absolute Gasteiger partial charge is 0.382 e. The zero-order chi connectivity index (χ0) is 17.0. The van der Waals surface area contributed by atoms with E-state index in [9.17, 15) is 0 Å². The first kappa shape index (κ1) is 18.4. The van der Waals surface area contributed by atoms with Crippen LogP contribution in [-0.2, 0) is 11.3 Å². The second kappa shape index (κ2) is 10.8. The lowest BCUT2D eigenvalue weighted by molar-refractivity contribution is 0.143. The molecular formula is C18H26N4OS. The number of thiazole rings is 1. The van der Waals surface area contributed by atoms with Crippen LogP contribution in [-0.4, -0.2) is 37.7 Å². The van der Waals surface area contributed by atoms with E-state index in [1.807, 2.05) is 25.1 Å². The first-order chi connectivity index (χ1) is 11.8. The maximum absolute atomic E-state index is 5.33. The molecule has 0 aliphatic rings. The summed E-state index contributed by atoms with van der Waals surface area (Å²) in [6, 6.07) is 10.2. The molecule has 0 amide bonds. The molecule has 1 aromatic carbocycles. The summed E-state index contributed by atoms with van der Waals surface area (Å²) in [5.41, 5.74) is 2.17. The van der Waals surface area contributed by atoms with Crippen LogP contribution in [0.15, 0.2) is 40.7 Å². The Bertz CT molecular complexity index is 612. The summed E-state index contributed by atoms with van der Waals surface area (Å²) in [5.74, 6) is 0.808. The Kier molecular flexibility index (Phi) is 8.27. The second-order valence-corrected chi connectivity index (χ2v) is 6.19. The Labute approximate surface area is 148 Å². The maximum Gasteiger partial charge on any atom is 0.191 e. The van der Waals surface area contributed by atoms with Crippen LogP contribution in [0, 0.1) is 0 Å². The standard InChI is InChI=1S/C18H26N4OS/c1-3-23-12-8-7-11-20-18(19-2)21-13-17-22-16(14-24-17)15-9-5-4-6-10-15/h4-6,9-10,14H,3,7-8,11-13H2,1-2H3,(H2,19,20,21). The summed E-state index contributed by atoms with van der Waals surface area (Å²) in [6.45, 7) is 5.20. The van der Waals surface area contributed by atoms with E-state index in [1.165, 1.54) is 0 Å². The van der Waals surface area contributed by atoms with E-state index in [4.69, 9.17) is 4.74 Å². The quantitative estimate of drug-likeness (QED) is 0.415. The van der Waals surface area contributed by atoms with E-state index < -0.39 is 0 Å². The van der Waals surface area contributed by atoms with Gasteiger partial charge in [-0.1, -0.05) is 30.3 Å². The van der Waals surface area contributed by atoms with Crippen molar-refractivity contribution < 1.29 is 4.74 Å².